The fraction of sp³-hybridized carbons (Fsp3) is 1.00. The van der Waals surface area contributed by atoms with E-state index in [1.165, 1.54) is 64.7 Å². The number of nitrogens with zero attached hydrogens (tertiary/aromatic N) is 1. The van der Waals surface area contributed by atoms with E-state index < -0.39 is 0 Å². The third kappa shape index (κ3) is 3.18. The van der Waals surface area contributed by atoms with Gasteiger partial charge in [0.1, 0.15) is 0 Å². The molecule has 2 rings (SSSR count). The second-order valence-corrected chi connectivity index (χ2v) is 5.21. The van der Waals surface area contributed by atoms with Gasteiger partial charge < -0.3 is 10.2 Å². The van der Waals surface area contributed by atoms with Crippen molar-refractivity contribution < 1.29 is 0 Å². The van der Waals surface area contributed by atoms with E-state index in [0.717, 1.165) is 12.0 Å². The molecule has 2 aliphatic heterocycles. The number of hydrogen-bond acceptors (Lipinski definition) is 2. The zero-order valence-corrected chi connectivity index (χ0v) is 10.2. The molecule has 2 saturated heterocycles. The summed E-state index contributed by atoms with van der Waals surface area (Å²) in [4.78, 5) is 2.66. The Bertz CT molecular complexity index is 175. The van der Waals surface area contributed by atoms with Gasteiger partial charge in [-0.15, -0.1) is 0 Å². The van der Waals surface area contributed by atoms with Crippen molar-refractivity contribution >= 4 is 0 Å². The lowest BCUT2D eigenvalue weighted by Gasteiger charge is -2.28. The number of piperidine rings is 1. The third-order valence-corrected chi connectivity index (χ3v) is 4.22. The fourth-order valence-electron chi connectivity index (χ4n) is 3.15. The molecule has 0 bridgehead atoms. The molecule has 2 fully saturated rings. The Morgan fingerprint density at radius 3 is 2.73 bits per heavy atom. The van der Waals surface area contributed by atoms with Crippen molar-refractivity contribution in [1.82, 2.24) is 10.2 Å². The van der Waals surface area contributed by atoms with Crippen molar-refractivity contribution in [1.29, 1.82) is 0 Å². The lowest BCUT2D eigenvalue weighted by molar-refractivity contribution is 0.212. The predicted octanol–water partition coefficient (Wildman–Crippen LogP) is 2.25. The first kappa shape index (κ1) is 11.4. The highest BCUT2D eigenvalue weighted by Crippen LogP contribution is 2.22. The molecule has 0 radical (unpaired) electrons. The van der Waals surface area contributed by atoms with E-state index in [1.807, 2.05) is 0 Å². The first-order valence-electron chi connectivity index (χ1n) is 6.86. The van der Waals surface area contributed by atoms with Crippen LogP contribution in [-0.2, 0) is 0 Å². The largest absolute Gasteiger partial charge is 0.314 e. The Morgan fingerprint density at radius 1 is 1.20 bits per heavy atom. The van der Waals surface area contributed by atoms with Crippen LogP contribution in [0.1, 0.15) is 45.4 Å². The Morgan fingerprint density at radius 2 is 2.00 bits per heavy atom. The minimum absolute atomic E-state index is 0.817. The summed E-state index contributed by atoms with van der Waals surface area (Å²) in [5, 5.41) is 3.67. The smallest absolute Gasteiger partial charge is 0.0108 e. The normalized spacial score (nSPS) is 33.4. The lowest BCUT2D eigenvalue weighted by atomic mass is 9.95. The minimum atomic E-state index is 0.817. The van der Waals surface area contributed by atoms with Gasteiger partial charge in [-0.05, 0) is 57.8 Å². The van der Waals surface area contributed by atoms with Gasteiger partial charge in [0.2, 0.25) is 0 Å². The SMILES string of the molecule is CCC1CCNC1CCN1CCCCC1. The zero-order valence-electron chi connectivity index (χ0n) is 10.2. The van der Waals surface area contributed by atoms with Gasteiger partial charge in [0.05, 0.1) is 0 Å². The van der Waals surface area contributed by atoms with Gasteiger partial charge in [0.15, 0.2) is 0 Å². The Hall–Kier alpha value is -0.0800. The van der Waals surface area contributed by atoms with Crippen LogP contribution in [0, 0.1) is 5.92 Å². The zero-order chi connectivity index (χ0) is 10.5. The van der Waals surface area contributed by atoms with Crippen molar-refractivity contribution in [2.24, 2.45) is 5.92 Å². The monoisotopic (exact) mass is 210 g/mol. The summed E-state index contributed by atoms with van der Waals surface area (Å²) in [5.74, 6) is 0.954. The highest BCUT2D eigenvalue weighted by Gasteiger charge is 2.25. The molecule has 2 unspecified atom stereocenters. The van der Waals surface area contributed by atoms with Gasteiger partial charge in [-0.1, -0.05) is 19.8 Å². The van der Waals surface area contributed by atoms with Crippen LogP contribution in [0.5, 0.6) is 0 Å². The summed E-state index contributed by atoms with van der Waals surface area (Å²) in [6.45, 7) is 7.62. The van der Waals surface area contributed by atoms with Crippen LogP contribution in [0.4, 0.5) is 0 Å². The molecule has 88 valence electrons. The van der Waals surface area contributed by atoms with Crippen LogP contribution in [-0.4, -0.2) is 37.1 Å². The van der Waals surface area contributed by atoms with Crippen LogP contribution in [0.2, 0.25) is 0 Å². The second-order valence-electron chi connectivity index (χ2n) is 5.21. The average Bonchev–Trinajstić information content (AvgIpc) is 2.75. The van der Waals surface area contributed by atoms with Crippen LogP contribution >= 0.6 is 0 Å². The standard InChI is InChI=1S/C13H26N2/c1-2-12-6-8-14-13(12)7-11-15-9-4-3-5-10-15/h12-14H,2-11H2,1H3. The molecule has 2 heteroatoms. The Labute approximate surface area is 94.4 Å². The van der Waals surface area contributed by atoms with Gasteiger partial charge in [0, 0.05) is 6.04 Å². The van der Waals surface area contributed by atoms with Crippen molar-refractivity contribution in [2.45, 2.75) is 51.5 Å². The average molecular weight is 210 g/mol. The van der Waals surface area contributed by atoms with Crippen molar-refractivity contribution in [3.63, 3.8) is 0 Å². The maximum absolute atomic E-state index is 3.67. The number of hydrogen-bond donors (Lipinski definition) is 1. The first-order valence-corrected chi connectivity index (χ1v) is 6.86. The highest BCUT2D eigenvalue weighted by molar-refractivity contribution is 4.83. The van der Waals surface area contributed by atoms with Crippen molar-refractivity contribution in [2.75, 3.05) is 26.2 Å². The molecule has 2 heterocycles. The topological polar surface area (TPSA) is 15.3 Å². The van der Waals surface area contributed by atoms with Crippen LogP contribution < -0.4 is 5.32 Å². The molecule has 0 aromatic carbocycles. The van der Waals surface area contributed by atoms with Crippen LogP contribution in [0.25, 0.3) is 0 Å². The van der Waals surface area contributed by atoms with Gasteiger partial charge >= 0.3 is 0 Å². The summed E-state index contributed by atoms with van der Waals surface area (Å²) in [7, 11) is 0. The minimum Gasteiger partial charge on any atom is -0.314 e. The second kappa shape index (κ2) is 5.86. The molecule has 0 aromatic heterocycles. The number of nitrogens with one attached hydrogen (secondary N) is 1. The summed E-state index contributed by atoms with van der Waals surface area (Å²) >= 11 is 0. The quantitative estimate of drug-likeness (QED) is 0.765. The van der Waals surface area contributed by atoms with Gasteiger partial charge in [-0.25, -0.2) is 0 Å². The number of likely N-dealkylation sites (tertiary alicyclic amines) is 1. The molecule has 1 N–H and O–H groups in total. The van der Waals surface area contributed by atoms with Crippen molar-refractivity contribution in [3.05, 3.63) is 0 Å². The molecule has 15 heavy (non-hydrogen) atoms. The van der Waals surface area contributed by atoms with E-state index in [-0.39, 0.29) is 0 Å². The van der Waals surface area contributed by atoms with Gasteiger partial charge in [-0.2, -0.15) is 0 Å². The third-order valence-electron chi connectivity index (χ3n) is 4.22. The Kier molecular flexibility index (Phi) is 4.45. The van der Waals surface area contributed by atoms with Crippen LogP contribution in [0.3, 0.4) is 0 Å². The predicted molar refractivity (Wildman–Crippen MR) is 65.1 cm³/mol. The summed E-state index contributed by atoms with van der Waals surface area (Å²) in [6, 6.07) is 0.817. The van der Waals surface area contributed by atoms with E-state index >= 15 is 0 Å². The summed E-state index contributed by atoms with van der Waals surface area (Å²) in [6.07, 6.45) is 8.44. The van der Waals surface area contributed by atoms with E-state index in [0.29, 0.717) is 0 Å². The van der Waals surface area contributed by atoms with Gasteiger partial charge in [-0.3, -0.25) is 0 Å². The van der Waals surface area contributed by atoms with Crippen LogP contribution in [0.15, 0.2) is 0 Å². The molecule has 0 spiro atoms. The van der Waals surface area contributed by atoms with E-state index in [1.54, 1.807) is 0 Å². The molecule has 0 aromatic rings. The summed E-state index contributed by atoms with van der Waals surface area (Å²) < 4.78 is 0. The molecular weight excluding hydrogens is 184 g/mol. The highest BCUT2D eigenvalue weighted by atomic mass is 15.1. The maximum atomic E-state index is 3.67. The molecule has 0 amide bonds. The molecule has 2 atom stereocenters. The van der Waals surface area contributed by atoms with Gasteiger partial charge in [0.25, 0.3) is 0 Å². The Balaban J connectivity index is 1.67. The lowest BCUT2D eigenvalue weighted by Crippen LogP contribution is -2.36. The summed E-state index contributed by atoms with van der Waals surface area (Å²) in [5.41, 5.74) is 0. The van der Waals surface area contributed by atoms with Crippen molar-refractivity contribution in [3.8, 4) is 0 Å². The molecule has 0 aliphatic carbocycles. The van der Waals surface area contributed by atoms with E-state index in [2.05, 4.69) is 17.1 Å². The first-order chi connectivity index (χ1) is 7.40. The molecule has 0 saturated carbocycles. The fourth-order valence-corrected chi connectivity index (χ4v) is 3.15. The molecule has 2 aliphatic rings. The van der Waals surface area contributed by atoms with E-state index in [4.69, 9.17) is 0 Å². The maximum Gasteiger partial charge on any atom is 0.0108 e. The molecule has 2 nitrogen and oxygen atoms in total. The molecular formula is C13H26N2. The number of rotatable bonds is 4. The van der Waals surface area contributed by atoms with E-state index in [9.17, 15) is 0 Å².